The van der Waals surface area contributed by atoms with Crippen molar-refractivity contribution in [2.24, 2.45) is 5.73 Å². The van der Waals surface area contributed by atoms with Crippen LogP contribution in [0.4, 0.5) is 0 Å². The van der Waals surface area contributed by atoms with Crippen LogP contribution < -0.4 is 5.73 Å². The Bertz CT molecular complexity index is 654. The topological polar surface area (TPSA) is 96.7 Å². The van der Waals surface area contributed by atoms with Gasteiger partial charge in [-0.3, -0.25) is 0 Å². The van der Waals surface area contributed by atoms with Crippen molar-refractivity contribution in [2.45, 2.75) is 56.8 Å². The Morgan fingerprint density at radius 2 is 2.14 bits per heavy atom. The molecule has 2 aliphatic rings. The molecule has 0 amide bonds. The number of ether oxygens (including phenoxy) is 1. The first-order valence-corrected chi connectivity index (χ1v) is 7.81. The lowest BCUT2D eigenvalue weighted by Gasteiger charge is -2.31. The molecule has 0 atom stereocenters. The van der Waals surface area contributed by atoms with Gasteiger partial charge < -0.3 is 15.0 Å². The molecule has 2 N–H and O–H groups in total. The molecule has 0 aliphatic heterocycles. The van der Waals surface area contributed by atoms with Crippen molar-refractivity contribution < 1.29 is 4.74 Å². The Labute approximate surface area is 128 Å². The Hall–Kier alpha value is -1.80. The molecule has 2 aliphatic carbocycles. The molecule has 2 aromatic heterocycles. The highest BCUT2D eigenvalue weighted by atomic mass is 16.5. The molecule has 118 valence electrons. The molecule has 8 nitrogen and oxygen atoms in total. The second-order valence-corrected chi connectivity index (χ2v) is 6.30. The second-order valence-electron chi connectivity index (χ2n) is 6.30. The maximum atomic E-state index is 5.92. The van der Waals surface area contributed by atoms with E-state index in [4.69, 9.17) is 10.5 Å². The largest absolute Gasteiger partial charge is 0.377 e. The highest BCUT2D eigenvalue weighted by molar-refractivity contribution is 5.12. The zero-order valence-electron chi connectivity index (χ0n) is 12.7. The predicted molar refractivity (Wildman–Crippen MR) is 78.1 cm³/mol. The van der Waals surface area contributed by atoms with Crippen molar-refractivity contribution in [3.8, 4) is 0 Å². The van der Waals surface area contributed by atoms with Crippen LogP contribution in [0.2, 0.25) is 0 Å². The third-order valence-electron chi connectivity index (χ3n) is 4.41. The Morgan fingerprint density at radius 1 is 1.32 bits per heavy atom. The zero-order valence-corrected chi connectivity index (χ0v) is 12.7. The van der Waals surface area contributed by atoms with Crippen LogP contribution >= 0.6 is 0 Å². The minimum atomic E-state index is 0.324. The van der Waals surface area contributed by atoms with Gasteiger partial charge in [0.25, 0.3) is 0 Å². The molecule has 0 radical (unpaired) electrons. The first kappa shape index (κ1) is 13.8. The summed E-state index contributed by atoms with van der Waals surface area (Å²) in [6, 6.07) is 0.878. The molecule has 0 spiro atoms. The maximum Gasteiger partial charge on any atom is 0.176 e. The summed E-state index contributed by atoms with van der Waals surface area (Å²) in [5, 5.41) is 13.2. The first-order valence-electron chi connectivity index (χ1n) is 7.81. The number of methoxy groups -OCH3 is 1. The van der Waals surface area contributed by atoms with E-state index in [2.05, 4.69) is 24.8 Å². The zero-order chi connectivity index (χ0) is 15.1. The van der Waals surface area contributed by atoms with Gasteiger partial charge >= 0.3 is 0 Å². The van der Waals surface area contributed by atoms with E-state index >= 15 is 0 Å². The van der Waals surface area contributed by atoms with Crippen LogP contribution in [0.25, 0.3) is 0 Å². The molecule has 0 bridgehead atoms. The maximum absolute atomic E-state index is 5.92. The van der Waals surface area contributed by atoms with Crippen LogP contribution in [-0.4, -0.2) is 42.7 Å². The molecule has 4 rings (SSSR count). The fourth-order valence-electron chi connectivity index (χ4n) is 3.08. The lowest BCUT2D eigenvalue weighted by atomic mass is 9.80. The lowest BCUT2D eigenvalue weighted by molar-refractivity contribution is 0.177. The van der Waals surface area contributed by atoms with Gasteiger partial charge in [-0.1, -0.05) is 0 Å². The second kappa shape index (κ2) is 5.44. The van der Waals surface area contributed by atoms with E-state index in [0.29, 0.717) is 37.0 Å². The molecule has 2 heterocycles. The van der Waals surface area contributed by atoms with Gasteiger partial charge in [0.15, 0.2) is 11.6 Å². The summed E-state index contributed by atoms with van der Waals surface area (Å²) in [5.41, 5.74) is 5.92. The Morgan fingerprint density at radius 3 is 2.82 bits per heavy atom. The van der Waals surface area contributed by atoms with Crippen LogP contribution in [0.5, 0.6) is 0 Å². The Kier molecular flexibility index (Phi) is 3.42. The molecular formula is C14H21N7O. The number of rotatable bonds is 6. The van der Waals surface area contributed by atoms with Crippen LogP contribution in [-0.2, 0) is 17.9 Å². The summed E-state index contributed by atoms with van der Waals surface area (Å²) in [7, 11) is 1.64. The van der Waals surface area contributed by atoms with Gasteiger partial charge in [-0.2, -0.15) is 5.10 Å². The number of nitrogens with two attached hydrogens (primary N) is 1. The van der Waals surface area contributed by atoms with Crippen molar-refractivity contribution in [2.75, 3.05) is 7.11 Å². The van der Waals surface area contributed by atoms with E-state index in [9.17, 15) is 0 Å². The highest BCUT2D eigenvalue weighted by Gasteiger charge is 2.36. The monoisotopic (exact) mass is 303 g/mol. The van der Waals surface area contributed by atoms with Gasteiger partial charge in [0.2, 0.25) is 0 Å². The third kappa shape index (κ3) is 2.52. The van der Waals surface area contributed by atoms with Crippen molar-refractivity contribution in [3.05, 3.63) is 23.8 Å². The average Bonchev–Trinajstić information content (AvgIpc) is 3.08. The molecule has 2 aromatic rings. The van der Waals surface area contributed by atoms with Gasteiger partial charge in [0, 0.05) is 25.1 Å². The van der Waals surface area contributed by atoms with E-state index in [0.717, 1.165) is 24.5 Å². The van der Waals surface area contributed by atoms with Gasteiger partial charge in [-0.05, 0) is 25.7 Å². The first-order chi connectivity index (χ1) is 10.7. The van der Waals surface area contributed by atoms with Crippen molar-refractivity contribution in [1.82, 2.24) is 29.5 Å². The fourth-order valence-corrected chi connectivity index (χ4v) is 3.08. The summed E-state index contributed by atoms with van der Waals surface area (Å²) in [5.74, 6) is 3.23. The number of aromatic nitrogens is 6. The molecule has 2 saturated carbocycles. The predicted octanol–water partition coefficient (Wildman–Crippen LogP) is 0.604. The minimum absolute atomic E-state index is 0.324. The van der Waals surface area contributed by atoms with Gasteiger partial charge in [0.05, 0.1) is 0 Å². The van der Waals surface area contributed by atoms with E-state index in [1.807, 2.05) is 0 Å². The van der Waals surface area contributed by atoms with Crippen molar-refractivity contribution in [3.63, 3.8) is 0 Å². The third-order valence-corrected chi connectivity index (χ3v) is 4.41. The molecule has 8 heteroatoms. The average molecular weight is 303 g/mol. The smallest absolute Gasteiger partial charge is 0.176 e. The molecular weight excluding hydrogens is 282 g/mol. The summed E-state index contributed by atoms with van der Waals surface area (Å²) in [6.45, 7) is 1.02. The summed E-state index contributed by atoms with van der Waals surface area (Å²) in [4.78, 5) is 4.22. The van der Waals surface area contributed by atoms with Gasteiger partial charge in [-0.15, -0.1) is 10.2 Å². The molecule has 0 unspecified atom stereocenters. The van der Waals surface area contributed by atoms with Crippen LogP contribution in [0.15, 0.2) is 6.33 Å². The summed E-state index contributed by atoms with van der Waals surface area (Å²) < 4.78 is 9.16. The number of nitrogens with zero attached hydrogens (tertiary/aromatic N) is 6. The Balaban J connectivity index is 1.55. The van der Waals surface area contributed by atoms with Crippen LogP contribution in [0.3, 0.4) is 0 Å². The molecule has 22 heavy (non-hydrogen) atoms. The van der Waals surface area contributed by atoms with E-state index in [-0.39, 0.29) is 0 Å². The van der Waals surface area contributed by atoms with Crippen molar-refractivity contribution >= 4 is 0 Å². The van der Waals surface area contributed by atoms with Crippen LogP contribution in [0.1, 0.15) is 55.1 Å². The number of hydrogen-bond donors (Lipinski definition) is 1. The highest BCUT2D eigenvalue weighted by Crippen LogP contribution is 2.42. The summed E-state index contributed by atoms with van der Waals surface area (Å²) in [6.07, 6.45) is 6.18. The minimum Gasteiger partial charge on any atom is -0.377 e. The molecule has 0 aromatic carbocycles. The standard InChI is InChI=1S/C14H21N7O/c1-22-7-12-16-8-20(19-12)6-13-17-18-14(9-4-10(15)5-9)21(13)11-2-3-11/h8-11H,2-7,15H2,1H3. The molecule has 0 saturated heterocycles. The van der Waals surface area contributed by atoms with E-state index in [1.54, 1.807) is 18.1 Å². The normalized spacial score (nSPS) is 24.5. The lowest BCUT2D eigenvalue weighted by Crippen LogP contribution is -2.36. The van der Waals surface area contributed by atoms with Crippen LogP contribution in [0, 0.1) is 0 Å². The van der Waals surface area contributed by atoms with Gasteiger partial charge in [-0.25, -0.2) is 9.67 Å². The van der Waals surface area contributed by atoms with E-state index in [1.165, 1.54) is 12.8 Å². The van der Waals surface area contributed by atoms with Crippen molar-refractivity contribution in [1.29, 1.82) is 0 Å². The van der Waals surface area contributed by atoms with E-state index < -0.39 is 0 Å². The quantitative estimate of drug-likeness (QED) is 0.839. The molecule has 2 fully saturated rings. The SMILES string of the molecule is COCc1ncn(Cc2nnc(C3CC(N)C3)n2C2CC2)n1. The van der Waals surface area contributed by atoms with Gasteiger partial charge in [0.1, 0.15) is 25.3 Å². The fraction of sp³-hybridized carbons (Fsp3) is 0.714. The summed E-state index contributed by atoms with van der Waals surface area (Å²) >= 11 is 0. The number of hydrogen-bond acceptors (Lipinski definition) is 6.